The molecule has 0 saturated heterocycles. The van der Waals surface area contributed by atoms with Crippen LogP contribution in [0.4, 0.5) is 8.78 Å². The van der Waals surface area contributed by atoms with Gasteiger partial charge in [0.05, 0.1) is 22.3 Å². The van der Waals surface area contributed by atoms with Gasteiger partial charge in [0.25, 0.3) is 10.1 Å². The van der Waals surface area contributed by atoms with Crippen LogP contribution in [0.5, 0.6) is 0 Å². The van der Waals surface area contributed by atoms with Crippen molar-refractivity contribution >= 4 is 33.0 Å². The fourth-order valence-electron chi connectivity index (χ4n) is 7.79. The van der Waals surface area contributed by atoms with E-state index in [1.807, 2.05) is 0 Å². The van der Waals surface area contributed by atoms with E-state index >= 15 is 0 Å². The maximum atomic E-state index is 14.6. The highest BCUT2D eigenvalue weighted by molar-refractivity contribution is 7.97. The third-order valence-corrected chi connectivity index (χ3v) is 12.4. The van der Waals surface area contributed by atoms with Crippen molar-refractivity contribution in [2.24, 2.45) is 23.2 Å². The lowest BCUT2D eigenvalue weighted by atomic mass is 9.49. The Labute approximate surface area is 271 Å². The maximum absolute atomic E-state index is 14.6. The molecule has 4 aliphatic rings. The number of carbonyl (C=O) groups excluding carboxylic acids is 2. The molecule has 1 unspecified atom stereocenters. The highest BCUT2D eigenvalue weighted by Crippen LogP contribution is 2.61. The van der Waals surface area contributed by atoms with Crippen LogP contribution < -0.4 is 5.11 Å². The minimum absolute atomic E-state index is 0.0146. The average Bonchev–Trinajstić information content (AvgIpc) is 3.00. The van der Waals surface area contributed by atoms with Gasteiger partial charge in [0.2, 0.25) is 5.60 Å². The molecule has 0 aromatic heterocycles. The number of aliphatic carboxylic acids is 1. The van der Waals surface area contributed by atoms with Gasteiger partial charge in [0.1, 0.15) is 5.75 Å². The number of hydrogen-bond acceptors (Lipinski definition) is 6. The van der Waals surface area contributed by atoms with E-state index in [0.29, 0.717) is 37.0 Å². The number of carboxylic acids is 1. The standard InChI is InChI=1S/C18H15S.C17H24F2O7S/c1-4-10-16(11-5-1)19(17-12-6-2-7-13-17)18-14-8-3-9-15-18;1-2-16(13(20)21,17(18,19)9-27(23,24)25)26-14(22)15-6-10-3-11(7-15)5-12(4-10)8-15/h1-15H;10-12H,2-9H2,1H3,(H,20,21)(H,23,24,25)/q+1;/p-1. The summed E-state index contributed by atoms with van der Waals surface area (Å²) in [6.07, 6.45) is 3.44. The Balaban J connectivity index is 0.000000192. The van der Waals surface area contributed by atoms with Crippen LogP contribution in [-0.4, -0.2) is 42.2 Å². The molecule has 3 aromatic carbocycles. The van der Waals surface area contributed by atoms with Gasteiger partial charge < -0.3 is 14.6 Å². The van der Waals surface area contributed by atoms with Gasteiger partial charge in [0.15, 0.2) is 14.7 Å². The molecule has 4 saturated carbocycles. The molecule has 4 bridgehead atoms. The number of carbonyl (C=O) groups is 2. The summed E-state index contributed by atoms with van der Waals surface area (Å²) < 4.78 is 64.8. The van der Waals surface area contributed by atoms with E-state index in [4.69, 9.17) is 9.29 Å². The lowest BCUT2D eigenvalue weighted by Gasteiger charge is -2.56. The largest absolute Gasteiger partial charge is 0.546 e. The zero-order valence-corrected chi connectivity index (χ0v) is 27.2. The third-order valence-electron chi connectivity index (χ3n) is 9.46. The molecule has 4 fully saturated rings. The Morgan fingerprint density at radius 3 is 1.50 bits per heavy atom. The summed E-state index contributed by atoms with van der Waals surface area (Å²) in [4.78, 5) is 28.6. The van der Waals surface area contributed by atoms with Crippen LogP contribution in [0.25, 0.3) is 0 Å². The topological polar surface area (TPSA) is 121 Å². The zero-order valence-electron chi connectivity index (χ0n) is 25.5. The Kier molecular flexibility index (Phi) is 9.96. The molecule has 0 amide bonds. The van der Waals surface area contributed by atoms with E-state index < -0.39 is 51.2 Å². The first-order valence-corrected chi connectivity index (χ1v) is 18.3. The van der Waals surface area contributed by atoms with E-state index in [1.165, 1.54) is 14.7 Å². The van der Waals surface area contributed by atoms with E-state index in [-0.39, 0.29) is 10.9 Å². The van der Waals surface area contributed by atoms with Crippen molar-refractivity contribution in [1.82, 2.24) is 0 Å². The number of alkyl halides is 2. The quantitative estimate of drug-likeness (QED) is 0.161. The second kappa shape index (κ2) is 13.4. The van der Waals surface area contributed by atoms with Gasteiger partial charge >= 0.3 is 11.9 Å². The second-order valence-electron chi connectivity index (χ2n) is 12.7. The molecule has 11 heteroatoms. The smallest absolute Gasteiger partial charge is 0.313 e. The van der Waals surface area contributed by atoms with E-state index in [2.05, 4.69) is 91.0 Å². The van der Waals surface area contributed by atoms with Gasteiger partial charge in [-0.2, -0.15) is 8.42 Å². The molecule has 4 aliphatic carbocycles. The molecule has 0 spiro atoms. The van der Waals surface area contributed by atoms with Crippen molar-refractivity contribution < 1.29 is 41.2 Å². The Morgan fingerprint density at radius 2 is 1.20 bits per heavy atom. The number of esters is 1. The zero-order chi connectivity index (χ0) is 33.2. The molecule has 0 heterocycles. The number of hydrogen-bond donors (Lipinski definition) is 1. The molecule has 7 nitrogen and oxygen atoms in total. The number of benzene rings is 3. The van der Waals surface area contributed by atoms with Crippen LogP contribution in [0.1, 0.15) is 51.9 Å². The Morgan fingerprint density at radius 1 is 0.826 bits per heavy atom. The lowest BCUT2D eigenvalue weighted by molar-refractivity contribution is -0.341. The fraction of sp³-hybridized carbons (Fsp3) is 0.429. The summed E-state index contributed by atoms with van der Waals surface area (Å²) in [6, 6.07) is 32.2. The van der Waals surface area contributed by atoms with Crippen molar-refractivity contribution in [2.75, 3.05) is 5.75 Å². The van der Waals surface area contributed by atoms with Gasteiger partial charge in [0, 0.05) is 0 Å². The van der Waals surface area contributed by atoms with E-state index in [0.717, 1.165) is 26.2 Å². The summed E-state index contributed by atoms with van der Waals surface area (Å²) in [5, 5.41) is 11.6. The number of ether oxygens (including phenoxy) is 1. The number of halogens is 2. The van der Waals surface area contributed by atoms with E-state index in [1.54, 1.807) is 0 Å². The maximum Gasteiger partial charge on any atom is 0.313 e. The summed E-state index contributed by atoms with van der Waals surface area (Å²) in [5.41, 5.74) is -4.46. The lowest BCUT2D eigenvalue weighted by Crippen LogP contribution is -2.65. The first-order valence-electron chi connectivity index (χ1n) is 15.4. The molecule has 7 rings (SSSR count). The number of rotatable bonds is 10. The Hall–Kier alpha value is -3.28. The molecular weight excluding hydrogens is 635 g/mol. The van der Waals surface area contributed by atoms with Gasteiger partial charge in [-0.25, -0.2) is 8.78 Å². The van der Waals surface area contributed by atoms with E-state index in [9.17, 15) is 31.9 Å². The molecule has 0 aliphatic heterocycles. The van der Waals surface area contributed by atoms with Crippen LogP contribution in [0.3, 0.4) is 0 Å². The summed E-state index contributed by atoms with van der Waals surface area (Å²) in [7, 11) is -5.24. The predicted octanol–water partition coefficient (Wildman–Crippen LogP) is 5.95. The highest BCUT2D eigenvalue weighted by atomic mass is 32.2. The fourth-order valence-corrected chi connectivity index (χ4v) is 10.6. The average molecular weight is 673 g/mol. The second-order valence-corrected chi connectivity index (χ2v) is 16.2. The third kappa shape index (κ3) is 7.16. The van der Waals surface area contributed by atoms with Crippen molar-refractivity contribution in [3.63, 3.8) is 0 Å². The minimum atomic E-state index is -5.22. The summed E-state index contributed by atoms with van der Waals surface area (Å²) in [5.74, 6) is -9.25. The summed E-state index contributed by atoms with van der Waals surface area (Å²) in [6.45, 7) is 1.04. The van der Waals surface area contributed by atoms with Crippen LogP contribution in [-0.2, 0) is 35.3 Å². The normalized spacial score (nSPS) is 24.8. The monoisotopic (exact) mass is 672 g/mol. The molecule has 1 N–H and O–H groups in total. The number of carboxylic acid groups (broad SMARTS) is 1. The van der Waals surface area contributed by atoms with Crippen molar-refractivity contribution in [1.29, 1.82) is 0 Å². The van der Waals surface area contributed by atoms with Crippen LogP contribution >= 0.6 is 0 Å². The van der Waals surface area contributed by atoms with Gasteiger partial charge in [-0.15, -0.1) is 0 Å². The van der Waals surface area contributed by atoms with Gasteiger partial charge in [-0.1, -0.05) is 61.5 Å². The van der Waals surface area contributed by atoms with Crippen molar-refractivity contribution in [3.05, 3.63) is 91.0 Å². The molecule has 0 radical (unpaired) electrons. The molecular formula is C35H38F2O7S2. The SMILES string of the molecule is CCC(OC(=O)C12CC3CC(CC(C3)C1)C2)(C(=O)[O-])C(F)(F)CS(=O)(=O)O.c1ccc([S+](c2ccccc2)c2ccccc2)cc1. The summed E-state index contributed by atoms with van der Waals surface area (Å²) >= 11 is 0. The predicted molar refractivity (Wildman–Crippen MR) is 168 cm³/mol. The molecule has 246 valence electrons. The first-order chi connectivity index (χ1) is 21.8. The van der Waals surface area contributed by atoms with Crippen LogP contribution in [0, 0.1) is 23.2 Å². The van der Waals surface area contributed by atoms with Gasteiger partial charge in [-0.05, 0) is 99.1 Å². The Bertz CT molecular complexity index is 1490. The highest BCUT2D eigenvalue weighted by Gasteiger charge is 2.63. The molecule has 3 aromatic rings. The van der Waals surface area contributed by atoms with Crippen LogP contribution in [0.2, 0.25) is 0 Å². The molecule has 1 atom stereocenters. The minimum Gasteiger partial charge on any atom is -0.546 e. The van der Waals surface area contributed by atoms with Crippen molar-refractivity contribution in [2.45, 2.75) is 78.1 Å². The van der Waals surface area contributed by atoms with Crippen molar-refractivity contribution in [3.8, 4) is 0 Å². The van der Waals surface area contributed by atoms with Gasteiger partial charge in [-0.3, -0.25) is 9.35 Å². The molecule has 46 heavy (non-hydrogen) atoms. The first kappa shape index (κ1) is 34.1. The van der Waals surface area contributed by atoms with Crippen LogP contribution in [0.15, 0.2) is 106 Å².